The molecule has 2 aromatic carbocycles. The van der Waals surface area contributed by atoms with Gasteiger partial charge < -0.3 is 23.7 Å². The van der Waals surface area contributed by atoms with Crippen LogP contribution in [0.15, 0.2) is 36.4 Å². The number of methoxy groups -OCH3 is 4. The van der Waals surface area contributed by atoms with E-state index in [9.17, 15) is 4.79 Å². The maximum Gasteiger partial charge on any atom is 0.306 e. The van der Waals surface area contributed by atoms with Crippen molar-refractivity contribution in [1.29, 1.82) is 0 Å². The third-order valence-corrected chi connectivity index (χ3v) is 4.21. The molecule has 0 fully saturated rings. The van der Waals surface area contributed by atoms with Gasteiger partial charge in [-0.05, 0) is 36.2 Å². The summed E-state index contributed by atoms with van der Waals surface area (Å²) in [6.45, 7) is 0.303. The SMILES string of the molecule is COc1ccc(CCOC(=O)CCc2c(OC)cccc2OC)cc1OC. The minimum Gasteiger partial charge on any atom is -0.496 e. The van der Waals surface area contributed by atoms with Crippen molar-refractivity contribution < 1.29 is 28.5 Å². The summed E-state index contributed by atoms with van der Waals surface area (Å²) in [6, 6.07) is 11.2. The maximum atomic E-state index is 12.1. The Hall–Kier alpha value is -2.89. The number of ether oxygens (including phenoxy) is 5. The molecule has 0 saturated carbocycles. The number of hydrogen-bond donors (Lipinski definition) is 0. The molecule has 0 saturated heterocycles. The van der Waals surface area contributed by atoms with Crippen LogP contribution >= 0.6 is 0 Å². The van der Waals surface area contributed by atoms with Crippen LogP contribution in [-0.2, 0) is 22.4 Å². The Balaban J connectivity index is 1.85. The van der Waals surface area contributed by atoms with E-state index in [1.165, 1.54) is 0 Å². The summed E-state index contributed by atoms with van der Waals surface area (Å²) in [5.41, 5.74) is 1.87. The number of benzene rings is 2. The number of rotatable bonds is 10. The Morgan fingerprint density at radius 1 is 0.778 bits per heavy atom. The van der Waals surface area contributed by atoms with Crippen LogP contribution in [0.4, 0.5) is 0 Å². The normalized spacial score (nSPS) is 10.2. The summed E-state index contributed by atoms with van der Waals surface area (Å²) in [6.07, 6.45) is 1.34. The molecular formula is C21H26O6. The van der Waals surface area contributed by atoms with E-state index >= 15 is 0 Å². The van der Waals surface area contributed by atoms with Gasteiger partial charge in [-0.2, -0.15) is 0 Å². The number of carbonyl (C=O) groups is 1. The lowest BCUT2D eigenvalue weighted by Gasteiger charge is -2.13. The molecule has 6 nitrogen and oxygen atoms in total. The minimum absolute atomic E-state index is 0.253. The van der Waals surface area contributed by atoms with Gasteiger partial charge >= 0.3 is 5.97 Å². The van der Waals surface area contributed by atoms with Gasteiger partial charge in [0.05, 0.1) is 35.0 Å². The second-order valence-corrected chi connectivity index (χ2v) is 5.80. The number of carbonyl (C=O) groups excluding carboxylic acids is 1. The van der Waals surface area contributed by atoms with Crippen LogP contribution in [0, 0.1) is 0 Å². The van der Waals surface area contributed by atoms with Crippen molar-refractivity contribution in [2.75, 3.05) is 35.0 Å². The molecule has 2 rings (SSSR count). The minimum atomic E-state index is -0.261. The monoisotopic (exact) mass is 374 g/mol. The zero-order chi connectivity index (χ0) is 19.6. The van der Waals surface area contributed by atoms with E-state index < -0.39 is 0 Å². The van der Waals surface area contributed by atoms with Crippen LogP contribution in [-0.4, -0.2) is 41.0 Å². The van der Waals surface area contributed by atoms with Crippen LogP contribution in [0.3, 0.4) is 0 Å². The van der Waals surface area contributed by atoms with Crippen molar-refractivity contribution in [3.8, 4) is 23.0 Å². The van der Waals surface area contributed by atoms with E-state index in [-0.39, 0.29) is 12.4 Å². The van der Waals surface area contributed by atoms with Crippen LogP contribution in [0.2, 0.25) is 0 Å². The van der Waals surface area contributed by atoms with Gasteiger partial charge in [0.1, 0.15) is 11.5 Å². The smallest absolute Gasteiger partial charge is 0.306 e. The predicted octanol–water partition coefficient (Wildman–Crippen LogP) is 3.44. The Morgan fingerprint density at radius 2 is 1.41 bits per heavy atom. The first-order valence-corrected chi connectivity index (χ1v) is 8.69. The lowest BCUT2D eigenvalue weighted by atomic mass is 10.1. The first-order valence-electron chi connectivity index (χ1n) is 8.69. The third kappa shape index (κ3) is 5.54. The van der Waals surface area contributed by atoms with E-state index in [1.54, 1.807) is 28.4 Å². The molecule has 0 spiro atoms. The fraction of sp³-hybridized carbons (Fsp3) is 0.381. The Labute approximate surface area is 160 Å². The lowest BCUT2D eigenvalue weighted by Crippen LogP contribution is -2.09. The van der Waals surface area contributed by atoms with Crippen LogP contribution in [0.5, 0.6) is 23.0 Å². The fourth-order valence-electron chi connectivity index (χ4n) is 2.79. The quantitative estimate of drug-likeness (QED) is 0.594. The molecule has 0 aliphatic rings. The van der Waals surface area contributed by atoms with Gasteiger partial charge in [-0.25, -0.2) is 0 Å². The van der Waals surface area contributed by atoms with Crippen molar-refractivity contribution in [3.63, 3.8) is 0 Å². The highest BCUT2D eigenvalue weighted by Gasteiger charge is 2.13. The summed E-state index contributed by atoms with van der Waals surface area (Å²) in [5, 5.41) is 0. The predicted molar refractivity (Wildman–Crippen MR) is 102 cm³/mol. The molecule has 6 heteroatoms. The molecule has 27 heavy (non-hydrogen) atoms. The molecule has 0 atom stereocenters. The summed E-state index contributed by atoms with van der Waals surface area (Å²) in [5.74, 6) is 2.47. The van der Waals surface area contributed by atoms with Gasteiger partial charge in [0.25, 0.3) is 0 Å². The average Bonchev–Trinajstić information content (AvgIpc) is 2.71. The van der Waals surface area contributed by atoms with Gasteiger partial charge in [0.2, 0.25) is 0 Å². The molecule has 0 N–H and O–H groups in total. The highest BCUT2D eigenvalue weighted by Crippen LogP contribution is 2.30. The molecule has 0 bridgehead atoms. The number of esters is 1. The van der Waals surface area contributed by atoms with Gasteiger partial charge in [0, 0.05) is 18.4 Å². The largest absolute Gasteiger partial charge is 0.496 e. The van der Waals surface area contributed by atoms with Crippen molar-refractivity contribution in [2.24, 2.45) is 0 Å². The summed E-state index contributed by atoms with van der Waals surface area (Å²) < 4.78 is 26.5. The lowest BCUT2D eigenvalue weighted by molar-refractivity contribution is -0.143. The van der Waals surface area contributed by atoms with E-state index in [4.69, 9.17) is 23.7 Å². The Bertz CT molecular complexity index is 734. The Kier molecular flexibility index (Phi) is 7.79. The fourth-order valence-corrected chi connectivity index (χ4v) is 2.79. The van der Waals surface area contributed by atoms with Crippen LogP contribution in [0.1, 0.15) is 17.5 Å². The maximum absolute atomic E-state index is 12.1. The first-order chi connectivity index (χ1) is 13.1. The van der Waals surface area contributed by atoms with Gasteiger partial charge in [0.15, 0.2) is 11.5 Å². The molecule has 0 aliphatic carbocycles. The van der Waals surface area contributed by atoms with E-state index in [2.05, 4.69) is 0 Å². The van der Waals surface area contributed by atoms with Crippen molar-refractivity contribution in [2.45, 2.75) is 19.3 Å². The molecule has 2 aromatic rings. The standard InChI is InChI=1S/C21H26O6/c1-23-17-6-5-7-18(24-2)16(17)9-11-21(22)27-13-12-15-8-10-19(25-3)20(14-15)26-4/h5-8,10,14H,9,11-13H2,1-4H3. The number of hydrogen-bond acceptors (Lipinski definition) is 6. The molecular weight excluding hydrogens is 348 g/mol. The van der Waals surface area contributed by atoms with E-state index in [0.717, 1.165) is 11.1 Å². The molecule has 0 aromatic heterocycles. The highest BCUT2D eigenvalue weighted by molar-refractivity contribution is 5.70. The summed E-state index contributed by atoms with van der Waals surface area (Å²) in [7, 11) is 6.38. The molecule has 0 heterocycles. The topological polar surface area (TPSA) is 63.2 Å². The van der Waals surface area contributed by atoms with Gasteiger partial charge in [-0.15, -0.1) is 0 Å². The zero-order valence-corrected chi connectivity index (χ0v) is 16.2. The van der Waals surface area contributed by atoms with Crippen molar-refractivity contribution in [1.82, 2.24) is 0 Å². The Morgan fingerprint density at radius 3 is 2.00 bits per heavy atom. The van der Waals surface area contributed by atoms with E-state index in [0.29, 0.717) is 42.4 Å². The molecule has 0 amide bonds. The second-order valence-electron chi connectivity index (χ2n) is 5.80. The highest BCUT2D eigenvalue weighted by atomic mass is 16.5. The van der Waals surface area contributed by atoms with Crippen LogP contribution in [0.25, 0.3) is 0 Å². The molecule has 146 valence electrons. The zero-order valence-electron chi connectivity index (χ0n) is 16.2. The molecule has 0 unspecified atom stereocenters. The second kappa shape index (κ2) is 10.3. The summed E-state index contributed by atoms with van der Waals surface area (Å²) >= 11 is 0. The van der Waals surface area contributed by atoms with Crippen molar-refractivity contribution in [3.05, 3.63) is 47.5 Å². The summed E-state index contributed by atoms with van der Waals surface area (Å²) in [4.78, 5) is 12.1. The van der Waals surface area contributed by atoms with Gasteiger partial charge in [-0.1, -0.05) is 12.1 Å². The van der Waals surface area contributed by atoms with Crippen LogP contribution < -0.4 is 18.9 Å². The molecule has 0 aliphatic heterocycles. The first kappa shape index (κ1) is 20.4. The average molecular weight is 374 g/mol. The van der Waals surface area contributed by atoms with E-state index in [1.807, 2.05) is 36.4 Å². The molecule has 0 radical (unpaired) electrons. The third-order valence-electron chi connectivity index (χ3n) is 4.21. The van der Waals surface area contributed by atoms with Gasteiger partial charge in [-0.3, -0.25) is 4.79 Å². The van der Waals surface area contributed by atoms with Crippen molar-refractivity contribution >= 4 is 5.97 Å².